The van der Waals surface area contributed by atoms with Crippen LogP contribution in [0.1, 0.15) is 5.82 Å². The quantitative estimate of drug-likeness (QED) is 0.580. The summed E-state index contributed by atoms with van der Waals surface area (Å²) < 4.78 is 47.1. The zero-order valence-electron chi connectivity index (χ0n) is 16.3. The number of aromatic nitrogens is 4. The molecule has 0 radical (unpaired) electrons. The molecule has 9 nitrogen and oxygen atoms in total. The zero-order chi connectivity index (χ0) is 21.1. The Morgan fingerprint density at radius 3 is 2.47 bits per heavy atom. The van der Waals surface area contributed by atoms with Gasteiger partial charge in [-0.1, -0.05) is 6.07 Å². The van der Waals surface area contributed by atoms with E-state index >= 15 is 0 Å². The molecular weight excluding hydrogens is 411 g/mol. The van der Waals surface area contributed by atoms with E-state index in [-0.39, 0.29) is 4.90 Å². The predicted molar refractivity (Wildman–Crippen MR) is 106 cm³/mol. The summed E-state index contributed by atoms with van der Waals surface area (Å²) >= 11 is 0. The van der Waals surface area contributed by atoms with E-state index in [9.17, 15) is 12.8 Å². The summed E-state index contributed by atoms with van der Waals surface area (Å²) in [6.07, 6.45) is 0. The van der Waals surface area contributed by atoms with Gasteiger partial charge in [0.05, 0.1) is 24.2 Å². The number of rotatable bonds is 6. The predicted octanol–water partition coefficient (Wildman–Crippen LogP) is 1.32. The minimum atomic E-state index is -3.72. The Hall–Kier alpha value is -2.89. The fourth-order valence-corrected chi connectivity index (χ4v) is 4.79. The van der Waals surface area contributed by atoms with Crippen LogP contribution in [0.2, 0.25) is 0 Å². The number of nitrogens with zero attached hydrogens (tertiary/aromatic N) is 6. The van der Waals surface area contributed by atoms with Gasteiger partial charge in [0.15, 0.2) is 5.82 Å². The Labute approximate surface area is 173 Å². The van der Waals surface area contributed by atoms with Gasteiger partial charge in [-0.05, 0) is 52.9 Å². The third-order valence-electron chi connectivity index (χ3n) is 4.98. The van der Waals surface area contributed by atoms with Crippen molar-refractivity contribution in [2.24, 2.45) is 0 Å². The van der Waals surface area contributed by atoms with Gasteiger partial charge >= 0.3 is 0 Å². The Morgan fingerprint density at radius 2 is 1.80 bits per heavy atom. The highest BCUT2D eigenvalue weighted by Crippen LogP contribution is 2.20. The zero-order valence-corrected chi connectivity index (χ0v) is 17.2. The van der Waals surface area contributed by atoms with Crippen LogP contribution in [-0.2, 0) is 16.6 Å². The summed E-state index contributed by atoms with van der Waals surface area (Å²) in [6.45, 7) is 2.13. The monoisotopic (exact) mass is 432 g/mol. The Bertz CT molecular complexity index is 1110. The van der Waals surface area contributed by atoms with Crippen molar-refractivity contribution < 1.29 is 17.5 Å². The number of halogens is 1. The van der Waals surface area contributed by atoms with Crippen molar-refractivity contribution in [3.8, 4) is 11.4 Å². The highest BCUT2D eigenvalue weighted by Gasteiger charge is 2.29. The lowest BCUT2D eigenvalue weighted by molar-refractivity contribution is 0.177. The van der Waals surface area contributed by atoms with Crippen LogP contribution in [-0.4, -0.2) is 71.1 Å². The van der Waals surface area contributed by atoms with Crippen LogP contribution in [0, 0.1) is 5.82 Å². The molecule has 0 unspecified atom stereocenters. The second-order valence-electron chi connectivity index (χ2n) is 6.84. The first-order valence-corrected chi connectivity index (χ1v) is 10.8. The lowest BCUT2D eigenvalue weighted by atomic mass is 10.3. The summed E-state index contributed by atoms with van der Waals surface area (Å²) in [6, 6.07) is 12.5. The maximum atomic E-state index is 13.4. The molecule has 0 saturated carbocycles. The minimum absolute atomic E-state index is 0.0283. The molecule has 1 aliphatic heterocycles. The van der Waals surface area contributed by atoms with Crippen molar-refractivity contribution in [3.05, 3.63) is 60.2 Å². The molecule has 2 aromatic carbocycles. The molecule has 1 fully saturated rings. The highest BCUT2D eigenvalue weighted by molar-refractivity contribution is 7.89. The second-order valence-corrected chi connectivity index (χ2v) is 8.78. The third-order valence-corrected chi connectivity index (χ3v) is 6.88. The molecule has 0 atom stereocenters. The smallest absolute Gasteiger partial charge is 0.243 e. The minimum Gasteiger partial charge on any atom is -0.497 e. The van der Waals surface area contributed by atoms with Gasteiger partial charge in [0.1, 0.15) is 11.6 Å². The van der Waals surface area contributed by atoms with Crippen molar-refractivity contribution in [2.75, 3.05) is 33.3 Å². The summed E-state index contributed by atoms with van der Waals surface area (Å²) in [4.78, 5) is 2.06. The van der Waals surface area contributed by atoms with Gasteiger partial charge < -0.3 is 4.74 Å². The first-order valence-electron chi connectivity index (χ1n) is 9.37. The first kappa shape index (κ1) is 20.4. The Balaban J connectivity index is 1.42. The Morgan fingerprint density at radius 1 is 1.07 bits per heavy atom. The van der Waals surface area contributed by atoms with Crippen molar-refractivity contribution >= 4 is 10.0 Å². The summed E-state index contributed by atoms with van der Waals surface area (Å²) in [5.41, 5.74) is 0.808. The van der Waals surface area contributed by atoms with Crippen LogP contribution in [0.5, 0.6) is 5.75 Å². The molecule has 1 aromatic heterocycles. The fraction of sp³-hybridized carbons (Fsp3) is 0.316. The number of benzene rings is 2. The molecule has 1 saturated heterocycles. The average molecular weight is 432 g/mol. The molecule has 0 amide bonds. The van der Waals surface area contributed by atoms with E-state index in [0.29, 0.717) is 38.5 Å². The van der Waals surface area contributed by atoms with Crippen LogP contribution < -0.4 is 4.74 Å². The number of sulfonamides is 1. The molecule has 2 heterocycles. The highest BCUT2D eigenvalue weighted by atomic mass is 32.2. The van der Waals surface area contributed by atoms with Crippen molar-refractivity contribution in [3.63, 3.8) is 0 Å². The van der Waals surface area contributed by atoms with Crippen molar-refractivity contribution in [1.82, 2.24) is 29.4 Å². The number of tetrazole rings is 1. The number of hydrogen-bond donors (Lipinski definition) is 0. The van der Waals surface area contributed by atoms with Crippen LogP contribution in [0.4, 0.5) is 4.39 Å². The lowest BCUT2D eigenvalue weighted by Gasteiger charge is -2.33. The molecule has 11 heteroatoms. The van der Waals surface area contributed by atoms with Gasteiger partial charge in [-0.15, -0.1) is 5.10 Å². The molecular formula is C19H21FN6O3S. The van der Waals surface area contributed by atoms with Gasteiger partial charge in [-0.2, -0.15) is 8.99 Å². The maximum absolute atomic E-state index is 13.4. The second kappa shape index (κ2) is 8.46. The number of ether oxygens (including phenoxy) is 1. The van der Waals surface area contributed by atoms with E-state index < -0.39 is 15.8 Å². The van der Waals surface area contributed by atoms with Gasteiger partial charge in [0, 0.05) is 26.2 Å². The molecule has 4 rings (SSSR count). The topological polar surface area (TPSA) is 93.4 Å². The van der Waals surface area contributed by atoms with Crippen LogP contribution in [0.25, 0.3) is 5.69 Å². The summed E-state index contributed by atoms with van der Waals surface area (Å²) in [5.74, 6) is 0.825. The largest absolute Gasteiger partial charge is 0.497 e. The lowest BCUT2D eigenvalue weighted by Crippen LogP contribution is -2.48. The van der Waals surface area contributed by atoms with Gasteiger partial charge in [-0.3, -0.25) is 4.90 Å². The van der Waals surface area contributed by atoms with Crippen LogP contribution >= 0.6 is 0 Å². The van der Waals surface area contributed by atoms with E-state index in [4.69, 9.17) is 4.74 Å². The first-order chi connectivity index (χ1) is 14.5. The van der Waals surface area contributed by atoms with Gasteiger partial charge in [-0.25, -0.2) is 12.8 Å². The molecule has 1 aliphatic rings. The Kier molecular flexibility index (Phi) is 5.75. The maximum Gasteiger partial charge on any atom is 0.243 e. The molecule has 3 aromatic rings. The van der Waals surface area contributed by atoms with Gasteiger partial charge in [0.25, 0.3) is 0 Å². The van der Waals surface area contributed by atoms with Crippen molar-refractivity contribution in [2.45, 2.75) is 11.4 Å². The van der Waals surface area contributed by atoms with Crippen LogP contribution in [0.3, 0.4) is 0 Å². The normalized spacial score (nSPS) is 15.9. The molecule has 30 heavy (non-hydrogen) atoms. The van der Waals surface area contributed by atoms with E-state index in [2.05, 4.69) is 20.4 Å². The van der Waals surface area contributed by atoms with E-state index in [1.807, 2.05) is 24.3 Å². The molecule has 0 aliphatic carbocycles. The van der Waals surface area contributed by atoms with E-state index in [1.54, 1.807) is 11.8 Å². The fourth-order valence-electron chi connectivity index (χ4n) is 3.33. The van der Waals surface area contributed by atoms with Crippen molar-refractivity contribution in [1.29, 1.82) is 0 Å². The van der Waals surface area contributed by atoms with E-state index in [1.165, 1.54) is 22.5 Å². The molecule has 0 N–H and O–H groups in total. The van der Waals surface area contributed by atoms with Gasteiger partial charge in [0.2, 0.25) is 10.0 Å². The number of hydrogen-bond acceptors (Lipinski definition) is 7. The molecule has 0 spiro atoms. The number of piperazine rings is 1. The number of methoxy groups -OCH3 is 1. The van der Waals surface area contributed by atoms with E-state index in [0.717, 1.165) is 17.5 Å². The SMILES string of the molecule is COc1ccc(-n2nnnc2CN2CCN(S(=O)(=O)c3cccc(F)c3)CC2)cc1. The average Bonchev–Trinajstić information content (AvgIpc) is 3.22. The molecule has 158 valence electrons. The third kappa shape index (κ3) is 4.18. The van der Waals surface area contributed by atoms with Crippen LogP contribution in [0.15, 0.2) is 53.4 Å². The molecule has 0 bridgehead atoms. The standard InChI is InChI=1S/C19H21FN6O3S/c1-29-17-7-5-16(6-8-17)26-19(21-22-23-26)14-24-9-11-25(12-10-24)30(27,28)18-4-2-3-15(20)13-18/h2-8,13H,9-12,14H2,1H3. The summed E-state index contributed by atoms with van der Waals surface area (Å²) in [7, 11) is -2.12. The summed E-state index contributed by atoms with van der Waals surface area (Å²) in [5, 5.41) is 11.9.